The molecule has 0 saturated carbocycles. The second-order valence-corrected chi connectivity index (χ2v) is 13.8. The highest BCUT2D eigenvalue weighted by atomic mass is 16.5. The molecule has 0 saturated heterocycles. The van der Waals surface area contributed by atoms with Gasteiger partial charge in [0.05, 0.1) is 6.42 Å². The van der Waals surface area contributed by atoms with Gasteiger partial charge in [-0.15, -0.1) is 0 Å². The van der Waals surface area contributed by atoms with E-state index in [-0.39, 0.29) is 31.4 Å². The molecular weight excluding hydrogens is 574 g/mol. The van der Waals surface area contributed by atoms with Gasteiger partial charge < -0.3 is 14.8 Å². The molecule has 6 heteroatoms. The molecule has 1 rings (SSSR count). The Kier molecular flexibility index (Phi) is 25.7. The summed E-state index contributed by atoms with van der Waals surface area (Å²) in [5, 5.41) is 2.64. The predicted octanol–water partition coefficient (Wildman–Crippen LogP) is 10.4. The molecule has 46 heavy (non-hydrogen) atoms. The van der Waals surface area contributed by atoms with Gasteiger partial charge in [-0.05, 0) is 49.5 Å². The summed E-state index contributed by atoms with van der Waals surface area (Å²) in [4.78, 5) is 37.4. The topological polar surface area (TPSA) is 81.7 Å². The van der Waals surface area contributed by atoms with Crippen LogP contribution in [0, 0.1) is 11.8 Å². The number of unbranched alkanes of at least 4 members (excludes halogenated alkanes) is 12. The maximum Gasteiger partial charge on any atom is 0.325 e. The lowest BCUT2D eigenvalue weighted by Crippen LogP contribution is -2.34. The molecule has 1 unspecified atom stereocenters. The number of carbonyl (C=O) groups is 3. The van der Waals surface area contributed by atoms with Crippen LogP contribution in [0.1, 0.15) is 162 Å². The number of nitrogens with one attached hydrogen (secondary N) is 1. The minimum absolute atomic E-state index is 0.0561. The first kappa shape index (κ1) is 41.4. The first-order chi connectivity index (χ1) is 22.3. The number of carbonyl (C=O) groups excluding carboxylic acids is 3. The van der Waals surface area contributed by atoms with Gasteiger partial charge in [0, 0.05) is 6.42 Å². The lowest BCUT2D eigenvalue weighted by atomic mass is 10.0. The zero-order valence-electron chi connectivity index (χ0n) is 29.9. The molecule has 0 radical (unpaired) electrons. The van der Waals surface area contributed by atoms with Crippen molar-refractivity contribution in [3.8, 4) is 0 Å². The molecule has 0 heterocycles. The average molecular weight is 642 g/mol. The summed E-state index contributed by atoms with van der Waals surface area (Å²) >= 11 is 0. The minimum Gasteiger partial charge on any atom is -0.462 e. The van der Waals surface area contributed by atoms with Crippen molar-refractivity contribution in [2.75, 3.05) is 6.54 Å². The van der Waals surface area contributed by atoms with E-state index < -0.39 is 12.1 Å². The molecule has 0 aromatic heterocycles. The van der Waals surface area contributed by atoms with Gasteiger partial charge in [-0.1, -0.05) is 154 Å². The summed E-state index contributed by atoms with van der Waals surface area (Å²) in [6.45, 7) is 9.10. The van der Waals surface area contributed by atoms with E-state index in [2.05, 4.69) is 45.2 Å². The van der Waals surface area contributed by atoms with Gasteiger partial charge >= 0.3 is 11.9 Å². The Bertz CT molecular complexity index is 927. The fourth-order valence-electron chi connectivity index (χ4n) is 5.45. The lowest BCUT2D eigenvalue weighted by Gasteiger charge is -2.18. The van der Waals surface area contributed by atoms with Gasteiger partial charge in [-0.3, -0.25) is 14.4 Å². The largest absolute Gasteiger partial charge is 0.462 e. The van der Waals surface area contributed by atoms with Crippen LogP contribution in [-0.2, 0) is 30.5 Å². The smallest absolute Gasteiger partial charge is 0.325 e. The first-order valence-corrected chi connectivity index (χ1v) is 18.6. The predicted molar refractivity (Wildman–Crippen MR) is 190 cm³/mol. The molecule has 0 aliphatic rings. The van der Waals surface area contributed by atoms with Crippen LogP contribution in [0.3, 0.4) is 0 Å². The number of benzene rings is 1. The molecule has 1 N–H and O–H groups in total. The maximum atomic E-state index is 12.7. The Morgan fingerprint density at radius 1 is 0.652 bits per heavy atom. The van der Waals surface area contributed by atoms with Crippen LogP contribution in [0.25, 0.3) is 0 Å². The molecule has 0 aliphatic carbocycles. The normalized spacial score (nSPS) is 12.1. The van der Waals surface area contributed by atoms with Crippen molar-refractivity contribution >= 4 is 17.8 Å². The van der Waals surface area contributed by atoms with E-state index in [1.54, 1.807) is 0 Å². The summed E-state index contributed by atoms with van der Waals surface area (Å²) in [6.07, 6.45) is 25.1. The third-order valence-corrected chi connectivity index (χ3v) is 8.28. The van der Waals surface area contributed by atoms with Crippen LogP contribution in [-0.4, -0.2) is 30.5 Å². The number of hydrogen-bond acceptors (Lipinski definition) is 5. The highest BCUT2D eigenvalue weighted by Gasteiger charge is 2.19. The molecule has 0 spiro atoms. The van der Waals surface area contributed by atoms with Crippen molar-refractivity contribution in [1.29, 1.82) is 0 Å². The second-order valence-electron chi connectivity index (χ2n) is 13.8. The van der Waals surface area contributed by atoms with Crippen molar-refractivity contribution in [1.82, 2.24) is 5.32 Å². The van der Waals surface area contributed by atoms with Gasteiger partial charge in [0.1, 0.15) is 19.3 Å². The van der Waals surface area contributed by atoms with Crippen molar-refractivity contribution in [3.63, 3.8) is 0 Å². The van der Waals surface area contributed by atoms with Crippen LogP contribution in [0.4, 0.5) is 0 Å². The van der Waals surface area contributed by atoms with Gasteiger partial charge in [-0.25, -0.2) is 0 Å². The summed E-state index contributed by atoms with van der Waals surface area (Å²) < 4.78 is 11.0. The number of hydrogen-bond donors (Lipinski definition) is 1. The molecule has 1 amide bonds. The number of ether oxygens (including phenoxy) is 2. The van der Waals surface area contributed by atoms with E-state index in [1.165, 1.54) is 77.0 Å². The number of amides is 1. The molecular formula is C40H67NO5. The minimum atomic E-state index is -0.493. The second kappa shape index (κ2) is 28.6. The molecule has 0 aliphatic heterocycles. The molecule has 0 fully saturated rings. The van der Waals surface area contributed by atoms with E-state index in [4.69, 9.17) is 9.47 Å². The van der Waals surface area contributed by atoms with Crippen LogP contribution in [0.15, 0.2) is 42.5 Å². The van der Waals surface area contributed by atoms with E-state index in [9.17, 15) is 14.4 Å². The summed E-state index contributed by atoms with van der Waals surface area (Å²) in [6, 6.07) is 9.43. The zero-order chi connectivity index (χ0) is 33.7. The van der Waals surface area contributed by atoms with Crippen LogP contribution in [0.5, 0.6) is 0 Å². The Morgan fingerprint density at radius 2 is 1.17 bits per heavy atom. The van der Waals surface area contributed by atoms with Crippen molar-refractivity contribution < 1.29 is 23.9 Å². The van der Waals surface area contributed by atoms with Crippen molar-refractivity contribution in [3.05, 3.63) is 48.0 Å². The number of allylic oxidation sites excluding steroid dienone is 2. The van der Waals surface area contributed by atoms with E-state index in [0.717, 1.165) is 43.1 Å². The summed E-state index contributed by atoms with van der Waals surface area (Å²) in [5.41, 5.74) is 0.891. The van der Waals surface area contributed by atoms with Gasteiger partial charge in [-0.2, -0.15) is 0 Å². The SMILES string of the molecule is CC(C)CCCCCCC/C=C\CCC(=O)OC(CCCCCCCCCCC(C)C)CC(=O)NCC(=O)OCc1ccccc1. The van der Waals surface area contributed by atoms with Crippen LogP contribution in [0.2, 0.25) is 0 Å². The Labute approximate surface area is 281 Å². The van der Waals surface area contributed by atoms with Crippen molar-refractivity contribution in [2.45, 2.75) is 169 Å². The number of rotatable bonds is 29. The first-order valence-electron chi connectivity index (χ1n) is 18.6. The molecule has 0 bridgehead atoms. The van der Waals surface area contributed by atoms with Crippen LogP contribution >= 0.6 is 0 Å². The molecule has 1 atom stereocenters. The molecule has 1 aromatic rings. The molecule has 6 nitrogen and oxygen atoms in total. The van der Waals surface area contributed by atoms with E-state index in [1.807, 2.05) is 30.3 Å². The average Bonchev–Trinajstić information content (AvgIpc) is 3.02. The van der Waals surface area contributed by atoms with Gasteiger partial charge in [0.25, 0.3) is 0 Å². The van der Waals surface area contributed by atoms with E-state index in [0.29, 0.717) is 19.3 Å². The highest BCUT2D eigenvalue weighted by Crippen LogP contribution is 2.16. The third kappa shape index (κ3) is 26.6. The van der Waals surface area contributed by atoms with Gasteiger partial charge in [0.2, 0.25) is 5.91 Å². The standard InChI is InChI=1S/C40H67NO5/c1-34(2)25-19-14-10-6-5-7-13-17-24-30-39(43)46-37(29-23-16-12-9-8-11-15-20-26-35(3)4)31-38(42)41-32-40(44)45-33-36-27-21-18-22-28-36/h13,17-18,21-22,27-28,34-35,37H,5-12,14-16,19-20,23-26,29-33H2,1-4H3,(H,41,42)/b17-13-. The Morgan fingerprint density at radius 3 is 1.76 bits per heavy atom. The fourth-order valence-corrected chi connectivity index (χ4v) is 5.45. The fraction of sp³-hybridized carbons (Fsp3) is 0.725. The maximum absolute atomic E-state index is 12.7. The molecule has 262 valence electrons. The molecule has 1 aromatic carbocycles. The monoisotopic (exact) mass is 642 g/mol. The Balaban J connectivity index is 2.36. The van der Waals surface area contributed by atoms with Gasteiger partial charge in [0.15, 0.2) is 0 Å². The Hall–Kier alpha value is -2.63. The summed E-state index contributed by atoms with van der Waals surface area (Å²) in [5.74, 6) is 0.523. The van der Waals surface area contributed by atoms with Crippen molar-refractivity contribution in [2.24, 2.45) is 11.8 Å². The summed E-state index contributed by atoms with van der Waals surface area (Å²) in [7, 11) is 0. The number of esters is 2. The van der Waals surface area contributed by atoms with Crippen LogP contribution < -0.4 is 5.32 Å². The lowest BCUT2D eigenvalue weighted by molar-refractivity contribution is -0.151. The highest BCUT2D eigenvalue weighted by molar-refractivity contribution is 5.82. The zero-order valence-corrected chi connectivity index (χ0v) is 29.9. The third-order valence-electron chi connectivity index (χ3n) is 8.28. The van der Waals surface area contributed by atoms with E-state index >= 15 is 0 Å². The quantitative estimate of drug-likeness (QED) is 0.0535.